The topological polar surface area (TPSA) is 104 Å². The van der Waals surface area contributed by atoms with Crippen LogP contribution in [0.25, 0.3) is 0 Å². The second kappa shape index (κ2) is 7.44. The fraction of sp³-hybridized carbons (Fsp3) is 0.462. The van der Waals surface area contributed by atoms with E-state index in [1.54, 1.807) is 11.9 Å². The first kappa shape index (κ1) is 15.9. The molecule has 1 aromatic rings. The number of anilines is 1. The minimum atomic E-state index is -1.12. The lowest BCUT2D eigenvalue weighted by Gasteiger charge is -2.19. The number of hydrogen-bond acceptors (Lipinski definition) is 5. The third kappa shape index (κ3) is 4.20. The zero-order valence-electron chi connectivity index (χ0n) is 11.3. The molecule has 0 heterocycles. The number of aliphatic hydroxyl groups is 1. The van der Waals surface area contributed by atoms with Crippen LogP contribution in [0, 0.1) is 10.1 Å². The van der Waals surface area contributed by atoms with Gasteiger partial charge in [0.1, 0.15) is 5.69 Å². The third-order valence-electron chi connectivity index (χ3n) is 2.98. The summed E-state index contributed by atoms with van der Waals surface area (Å²) >= 11 is 0. The number of aromatic carboxylic acids is 1. The lowest BCUT2D eigenvalue weighted by Crippen LogP contribution is -2.20. The molecule has 7 nitrogen and oxygen atoms in total. The largest absolute Gasteiger partial charge is 0.478 e. The van der Waals surface area contributed by atoms with E-state index in [1.807, 2.05) is 0 Å². The summed E-state index contributed by atoms with van der Waals surface area (Å²) in [6, 6.07) is 3.75. The lowest BCUT2D eigenvalue weighted by atomic mass is 10.1. The molecule has 0 atom stereocenters. The van der Waals surface area contributed by atoms with E-state index in [0.717, 1.165) is 12.8 Å². The predicted molar refractivity (Wildman–Crippen MR) is 74.3 cm³/mol. The van der Waals surface area contributed by atoms with Crippen molar-refractivity contribution in [3.05, 3.63) is 33.9 Å². The molecule has 2 N–H and O–H groups in total. The van der Waals surface area contributed by atoms with Gasteiger partial charge >= 0.3 is 5.97 Å². The van der Waals surface area contributed by atoms with Crippen LogP contribution in [0.5, 0.6) is 0 Å². The summed E-state index contributed by atoms with van der Waals surface area (Å²) in [5.74, 6) is -1.12. The Kier molecular flexibility index (Phi) is 5.92. The van der Waals surface area contributed by atoms with Crippen molar-refractivity contribution in [3.8, 4) is 0 Å². The van der Waals surface area contributed by atoms with Gasteiger partial charge in [0, 0.05) is 26.3 Å². The average Bonchev–Trinajstić information content (AvgIpc) is 2.42. The molecule has 7 heteroatoms. The number of carboxylic acid groups (broad SMARTS) is 1. The summed E-state index contributed by atoms with van der Waals surface area (Å²) in [5, 5.41) is 28.6. The molecule has 0 aromatic heterocycles. The maximum absolute atomic E-state index is 11.0. The van der Waals surface area contributed by atoms with Crippen LogP contribution in [-0.4, -0.2) is 41.3 Å². The lowest BCUT2D eigenvalue weighted by molar-refractivity contribution is -0.384. The van der Waals surface area contributed by atoms with Gasteiger partial charge in [-0.25, -0.2) is 4.79 Å². The van der Waals surface area contributed by atoms with Crippen LogP contribution in [0.2, 0.25) is 0 Å². The summed E-state index contributed by atoms with van der Waals surface area (Å²) in [5.41, 5.74) is 0.200. The van der Waals surface area contributed by atoms with Crippen LogP contribution < -0.4 is 4.90 Å². The normalized spacial score (nSPS) is 10.3. The summed E-state index contributed by atoms with van der Waals surface area (Å²) in [4.78, 5) is 23.1. The fourth-order valence-corrected chi connectivity index (χ4v) is 1.87. The number of nitro groups is 1. The van der Waals surface area contributed by atoms with Crippen LogP contribution in [0.15, 0.2) is 18.2 Å². The van der Waals surface area contributed by atoms with E-state index in [0.29, 0.717) is 18.7 Å². The maximum Gasteiger partial charge on any atom is 0.335 e. The number of carboxylic acids is 1. The number of nitro benzene ring substituents is 1. The van der Waals surface area contributed by atoms with Gasteiger partial charge in [0.2, 0.25) is 0 Å². The Bertz CT molecular complexity index is 490. The third-order valence-corrected chi connectivity index (χ3v) is 2.98. The molecule has 0 spiro atoms. The van der Waals surface area contributed by atoms with Crippen LogP contribution >= 0.6 is 0 Å². The molecule has 0 fully saturated rings. The Hall–Kier alpha value is -2.15. The first-order valence-corrected chi connectivity index (χ1v) is 6.31. The Morgan fingerprint density at radius 2 is 2.05 bits per heavy atom. The zero-order valence-corrected chi connectivity index (χ0v) is 11.3. The average molecular weight is 282 g/mol. The van der Waals surface area contributed by atoms with Crippen molar-refractivity contribution in [1.29, 1.82) is 0 Å². The molecule has 0 saturated carbocycles. The highest BCUT2D eigenvalue weighted by molar-refractivity contribution is 5.90. The fourth-order valence-electron chi connectivity index (χ4n) is 1.87. The second-order valence-corrected chi connectivity index (χ2v) is 4.47. The van der Waals surface area contributed by atoms with Gasteiger partial charge in [0.05, 0.1) is 10.5 Å². The van der Waals surface area contributed by atoms with Crippen LogP contribution in [0.3, 0.4) is 0 Å². The van der Waals surface area contributed by atoms with E-state index in [4.69, 9.17) is 10.2 Å². The summed E-state index contributed by atoms with van der Waals surface area (Å²) in [6.07, 6.45) is 2.27. The Balaban J connectivity index is 2.91. The van der Waals surface area contributed by atoms with Gasteiger partial charge in [0.15, 0.2) is 0 Å². The van der Waals surface area contributed by atoms with Crippen molar-refractivity contribution in [2.75, 3.05) is 25.1 Å². The molecule has 0 bridgehead atoms. The minimum absolute atomic E-state index is 0.0211. The summed E-state index contributed by atoms with van der Waals surface area (Å²) in [7, 11) is 1.69. The molecular weight excluding hydrogens is 264 g/mol. The Morgan fingerprint density at radius 3 is 2.60 bits per heavy atom. The molecule has 0 aliphatic heterocycles. The Morgan fingerprint density at radius 1 is 1.35 bits per heavy atom. The van der Waals surface area contributed by atoms with E-state index >= 15 is 0 Å². The van der Waals surface area contributed by atoms with Crippen molar-refractivity contribution in [1.82, 2.24) is 0 Å². The van der Waals surface area contributed by atoms with E-state index in [-0.39, 0.29) is 17.9 Å². The van der Waals surface area contributed by atoms with Crippen LogP contribution in [-0.2, 0) is 0 Å². The second-order valence-electron chi connectivity index (χ2n) is 4.47. The van der Waals surface area contributed by atoms with E-state index in [2.05, 4.69) is 0 Å². The number of carbonyl (C=O) groups is 1. The SMILES string of the molecule is CN(CCCCCO)c1cc(C(=O)O)ccc1[N+](=O)[O-]. The number of rotatable bonds is 8. The van der Waals surface area contributed by atoms with Crippen LogP contribution in [0.4, 0.5) is 11.4 Å². The van der Waals surface area contributed by atoms with Gasteiger partial charge in [-0.1, -0.05) is 0 Å². The first-order chi connectivity index (χ1) is 9.47. The van der Waals surface area contributed by atoms with Crippen molar-refractivity contribution >= 4 is 17.3 Å². The molecule has 0 amide bonds. The summed E-state index contributed by atoms with van der Waals surface area (Å²) < 4.78 is 0. The number of aliphatic hydroxyl groups excluding tert-OH is 1. The van der Waals surface area contributed by atoms with E-state index in [9.17, 15) is 14.9 Å². The molecule has 1 aromatic carbocycles. The van der Waals surface area contributed by atoms with Gasteiger partial charge in [0.25, 0.3) is 5.69 Å². The molecule has 0 aliphatic rings. The molecular formula is C13H18N2O5. The smallest absolute Gasteiger partial charge is 0.335 e. The molecule has 0 unspecified atom stereocenters. The predicted octanol–water partition coefficient (Wildman–Crippen LogP) is 1.89. The quantitative estimate of drug-likeness (QED) is 0.428. The van der Waals surface area contributed by atoms with Crippen LogP contribution in [0.1, 0.15) is 29.6 Å². The molecule has 0 aliphatic carbocycles. The van der Waals surface area contributed by atoms with Gasteiger partial charge in [-0.05, 0) is 31.4 Å². The van der Waals surface area contributed by atoms with Crippen molar-refractivity contribution < 1.29 is 19.9 Å². The highest BCUT2D eigenvalue weighted by Crippen LogP contribution is 2.28. The summed E-state index contributed by atoms with van der Waals surface area (Å²) in [6.45, 7) is 0.683. The van der Waals surface area contributed by atoms with Crippen molar-refractivity contribution in [3.63, 3.8) is 0 Å². The van der Waals surface area contributed by atoms with Crippen molar-refractivity contribution in [2.24, 2.45) is 0 Å². The molecule has 0 radical (unpaired) electrons. The minimum Gasteiger partial charge on any atom is -0.478 e. The molecule has 0 saturated heterocycles. The highest BCUT2D eigenvalue weighted by atomic mass is 16.6. The van der Waals surface area contributed by atoms with Gasteiger partial charge in [-0.3, -0.25) is 10.1 Å². The number of hydrogen-bond donors (Lipinski definition) is 2. The first-order valence-electron chi connectivity index (χ1n) is 6.31. The van der Waals surface area contributed by atoms with E-state index < -0.39 is 10.9 Å². The molecule has 20 heavy (non-hydrogen) atoms. The van der Waals surface area contributed by atoms with Gasteiger partial charge in [-0.15, -0.1) is 0 Å². The molecule has 1 rings (SSSR count). The Labute approximate surface area is 116 Å². The van der Waals surface area contributed by atoms with Crippen molar-refractivity contribution in [2.45, 2.75) is 19.3 Å². The highest BCUT2D eigenvalue weighted by Gasteiger charge is 2.19. The van der Waals surface area contributed by atoms with E-state index in [1.165, 1.54) is 18.2 Å². The maximum atomic E-state index is 11.0. The van der Waals surface area contributed by atoms with Gasteiger partial charge < -0.3 is 15.1 Å². The van der Waals surface area contributed by atoms with Gasteiger partial charge in [-0.2, -0.15) is 0 Å². The number of benzene rings is 1. The molecule has 110 valence electrons. The number of unbranched alkanes of at least 4 members (excludes halogenated alkanes) is 2. The standard InChI is InChI=1S/C13H18N2O5/c1-14(7-3-2-4-8-16)12-9-10(13(17)18)5-6-11(12)15(19)20/h5-6,9,16H,2-4,7-8H2,1H3,(H,17,18). The monoisotopic (exact) mass is 282 g/mol. The number of nitrogens with zero attached hydrogens (tertiary/aromatic N) is 2. The zero-order chi connectivity index (χ0) is 15.1.